The first-order valence-electron chi connectivity index (χ1n) is 9.79. The van der Waals surface area contributed by atoms with Crippen molar-refractivity contribution < 1.29 is 14.0 Å². The van der Waals surface area contributed by atoms with Crippen LogP contribution in [-0.4, -0.2) is 24.5 Å². The highest BCUT2D eigenvalue weighted by atomic mass is 19.1. The van der Waals surface area contributed by atoms with Crippen LogP contribution in [0.3, 0.4) is 0 Å². The molecule has 1 unspecified atom stereocenters. The van der Waals surface area contributed by atoms with Gasteiger partial charge in [-0.15, -0.1) is 0 Å². The number of carbonyl (C=O) groups excluding carboxylic acids is 2. The SMILES string of the molecule is O=C(Nc1ccccc1F)NC(Cc1ccccc1)C(=O)NCCc1ccccc1. The number of carbonyl (C=O) groups is 2. The highest BCUT2D eigenvalue weighted by Crippen LogP contribution is 2.12. The van der Waals surface area contributed by atoms with Crippen molar-refractivity contribution in [3.63, 3.8) is 0 Å². The van der Waals surface area contributed by atoms with Gasteiger partial charge in [0.15, 0.2) is 0 Å². The standard InChI is InChI=1S/C24H24FN3O2/c25-20-13-7-8-14-21(20)27-24(30)28-22(17-19-11-5-2-6-12-19)23(29)26-16-15-18-9-3-1-4-10-18/h1-14,22H,15-17H2,(H,26,29)(H2,27,28,30). The second kappa shape index (κ2) is 10.8. The topological polar surface area (TPSA) is 70.2 Å². The molecule has 0 spiro atoms. The number of hydrogen-bond acceptors (Lipinski definition) is 2. The molecule has 0 saturated carbocycles. The van der Waals surface area contributed by atoms with Gasteiger partial charge >= 0.3 is 6.03 Å². The number of rotatable bonds is 8. The number of urea groups is 1. The lowest BCUT2D eigenvalue weighted by atomic mass is 10.1. The molecule has 3 N–H and O–H groups in total. The van der Waals surface area contributed by atoms with E-state index in [1.807, 2.05) is 60.7 Å². The van der Waals surface area contributed by atoms with E-state index in [0.29, 0.717) is 19.4 Å². The van der Waals surface area contributed by atoms with Gasteiger partial charge in [0.25, 0.3) is 0 Å². The van der Waals surface area contributed by atoms with Gasteiger partial charge in [-0.2, -0.15) is 0 Å². The van der Waals surface area contributed by atoms with E-state index >= 15 is 0 Å². The summed E-state index contributed by atoms with van der Waals surface area (Å²) in [5.74, 6) is -0.835. The van der Waals surface area contributed by atoms with Crippen LogP contribution in [0.2, 0.25) is 0 Å². The van der Waals surface area contributed by atoms with Crippen molar-refractivity contribution in [3.05, 3.63) is 102 Å². The molecule has 0 aliphatic heterocycles. The molecule has 0 fully saturated rings. The van der Waals surface area contributed by atoms with E-state index in [1.165, 1.54) is 18.2 Å². The van der Waals surface area contributed by atoms with Gasteiger partial charge in [-0.05, 0) is 29.7 Å². The van der Waals surface area contributed by atoms with Gasteiger partial charge < -0.3 is 16.0 Å². The molecule has 0 bridgehead atoms. The minimum absolute atomic E-state index is 0.0537. The zero-order chi connectivity index (χ0) is 21.2. The fourth-order valence-corrected chi connectivity index (χ4v) is 3.04. The largest absolute Gasteiger partial charge is 0.354 e. The van der Waals surface area contributed by atoms with Crippen LogP contribution in [0, 0.1) is 5.82 Å². The Labute approximate surface area is 175 Å². The van der Waals surface area contributed by atoms with Crippen LogP contribution in [0.25, 0.3) is 0 Å². The van der Waals surface area contributed by atoms with Crippen molar-refractivity contribution in [2.24, 2.45) is 0 Å². The second-order valence-electron chi connectivity index (χ2n) is 6.85. The van der Waals surface area contributed by atoms with Crippen LogP contribution in [-0.2, 0) is 17.6 Å². The summed E-state index contributed by atoms with van der Waals surface area (Å²) in [5, 5.41) is 8.00. The van der Waals surface area contributed by atoms with E-state index in [0.717, 1.165) is 11.1 Å². The van der Waals surface area contributed by atoms with E-state index in [2.05, 4.69) is 16.0 Å². The third-order valence-corrected chi connectivity index (χ3v) is 4.58. The zero-order valence-electron chi connectivity index (χ0n) is 16.5. The monoisotopic (exact) mass is 405 g/mol. The maximum absolute atomic E-state index is 13.8. The van der Waals surface area contributed by atoms with Gasteiger partial charge in [-0.1, -0.05) is 72.8 Å². The van der Waals surface area contributed by atoms with Crippen molar-refractivity contribution in [3.8, 4) is 0 Å². The fraction of sp³-hybridized carbons (Fsp3) is 0.167. The molecule has 154 valence electrons. The highest BCUT2D eigenvalue weighted by Gasteiger charge is 2.21. The fourth-order valence-electron chi connectivity index (χ4n) is 3.04. The molecule has 30 heavy (non-hydrogen) atoms. The van der Waals surface area contributed by atoms with Crippen LogP contribution < -0.4 is 16.0 Å². The van der Waals surface area contributed by atoms with Crippen molar-refractivity contribution in [1.82, 2.24) is 10.6 Å². The third-order valence-electron chi connectivity index (χ3n) is 4.58. The quantitative estimate of drug-likeness (QED) is 0.532. The first kappa shape index (κ1) is 21.0. The van der Waals surface area contributed by atoms with Crippen molar-refractivity contribution in [2.45, 2.75) is 18.9 Å². The Morgan fingerprint density at radius 1 is 0.800 bits per heavy atom. The minimum Gasteiger partial charge on any atom is -0.354 e. The van der Waals surface area contributed by atoms with Gasteiger partial charge in [-0.25, -0.2) is 9.18 Å². The van der Waals surface area contributed by atoms with Crippen molar-refractivity contribution >= 4 is 17.6 Å². The van der Waals surface area contributed by atoms with Crippen molar-refractivity contribution in [1.29, 1.82) is 0 Å². The highest BCUT2D eigenvalue weighted by molar-refractivity contribution is 5.93. The Hall–Kier alpha value is -3.67. The Morgan fingerprint density at radius 2 is 1.40 bits per heavy atom. The van der Waals surface area contributed by atoms with Crippen molar-refractivity contribution in [2.75, 3.05) is 11.9 Å². The van der Waals surface area contributed by atoms with E-state index in [9.17, 15) is 14.0 Å². The van der Waals surface area contributed by atoms with Crippen LogP contribution in [0.4, 0.5) is 14.9 Å². The number of hydrogen-bond donors (Lipinski definition) is 3. The number of halogens is 1. The number of amides is 3. The Balaban J connectivity index is 1.62. The molecule has 3 amide bonds. The number of para-hydroxylation sites is 1. The van der Waals surface area contributed by atoms with Crippen LogP contribution >= 0.6 is 0 Å². The summed E-state index contributed by atoms with van der Waals surface area (Å²) in [6, 6.07) is 23.7. The third kappa shape index (κ3) is 6.44. The summed E-state index contributed by atoms with van der Waals surface area (Å²) in [6.07, 6.45) is 1.01. The molecule has 6 heteroatoms. The Morgan fingerprint density at radius 3 is 2.07 bits per heavy atom. The lowest BCUT2D eigenvalue weighted by Crippen LogP contribution is -2.49. The number of anilines is 1. The van der Waals surface area contributed by atoms with E-state index in [1.54, 1.807) is 6.07 Å². The molecule has 1 atom stereocenters. The number of nitrogens with one attached hydrogen (secondary N) is 3. The lowest BCUT2D eigenvalue weighted by molar-refractivity contribution is -0.122. The number of benzene rings is 3. The smallest absolute Gasteiger partial charge is 0.319 e. The summed E-state index contributed by atoms with van der Waals surface area (Å²) in [7, 11) is 0. The summed E-state index contributed by atoms with van der Waals surface area (Å²) in [5.41, 5.74) is 2.08. The van der Waals surface area contributed by atoms with Crippen LogP contribution in [0.1, 0.15) is 11.1 Å². The molecule has 0 heterocycles. The predicted octanol–water partition coefficient (Wildman–Crippen LogP) is 3.92. The average molecular weight is 405 g/mol. The molecule has 3 aromatic rings. The van der Waals surface area contributed by atoms with Crippen LogP contribution in [0.5, 0.6) is 0 Å². The summed E-state index contributed by atoms with van der Waals surface area (Å²) in [4.78, 5) is 25.2. The molecule has 0 aliphatic rings. The van der Waals surface area contributed by atoms with Gasteiger partial charge in [0, 0.05) is 13.0 Å². The van der Waals surface area contributed by atoms with E-state index in [4.69, 9.17) is 0 Å². The summed E-state index contributed by atoms with van der Waals surface area (Å²) in [6.45, 7) is 0.449. The summed E-state index contributed by atoms with van der Waals surface area (Å²) < 4.78 is 13.8. The zero-order valence-corrected chi connectivity index (χ0v) is 16.5. The predicted molar refractivity (Wildman–Crippen MR) is 116 cm³/mol. The second-order valence-corrected chi connectivity index (χ2v) is 6.85. The molecule has 5 nitrogen and oxygen atoms in total. The van der Waals surface area contributed by atoms with Gasteiger partial charge in [0.1, 0.15) is 11.9 Å². The molecular formula is C24H24FN3O2. The average Bonchev–Trinajstić information content (AvgIpc) is 2.76. The van der Waals surface area contributed by atoms with Crippen LogP contribution in [0.15, 0.2) is 84.9 Å². The molecule has 3 aromatic carbocycles. The van der Waals surface area contributed by atoms with Gasteiger partial charge in [0.05, 0.1) is 5.69 Å². The first-order chi connectivity index (χ1) is 14.6. The minimum atomic E-state index is -0.796. The lowest BCUT2D eigenvalue weighted by Gasteiger charge is -2.19. The maximum Gasteiger partial charge on any atom is 0.319 e. The molecule has 0 radical (unpaired) electrons. The van der Waals surface area contributed by atoms with E-state index in [-0.39, 0.29) is 11.6 Å². The Kier molecular flexibility index (Phi) is 7.55. The normalized spacial score (nSPS) is 11.4. The first-order valence-corrected chi connectivity index (χ1v) is 9.79. The Bertz CT molecular complexity index is 964. The molecule has 0 saturated heterocycles. The molecule has 0 aromatic heterocycles. The van der Waals surface area contributed by atoms with E-state index < -0.39 is 17.9 Å². The molecule has 3 rings (SSSR count). The summed E-state index contributed by atoms with van der Waals surface area (Å²) >= 11 is 0. The van der Waals surface area contributed by atoms with Gasteiger partial charge in [0.2, 0.25) is 5.91 Å². The van der Waals surface area contributed by atoms with Gasteiger partial charge in [-0.3, -0.25) is 4.79 Å². The molecule has 0 aliphatic carbocycles. The maximum atomic E-state index is 13.8. The molecular weight excluding hydrogens is 381 g/mol.